The van der Waals surface area contributed by atoms with E-state index < -0.39 is 0 Å². The van der Waals surface area contributed by atoms with Crippen LogP contribution in [-0.2, 0) is 0 Å². The molecule has 1 saturated heterocycles. The van der Waals surface area contributed by atoms with Gasteiger partial charge in [0, 0.05) is 24.3 Å². The summed E-state index contributed by atoms with van der Waals surface area (Å²) in [6.45, 7) is 11.3. The first-order chi connectivity index (χ1) is 8.09. The molecule has 1 aromatic carbocycles. The number of hydrogen-bond donors (Lipinski definition) is 1. The Labute approximate surface area is 105 Å². The van der Waals surface area contributed by atoms with Gasteiger partial charge < -0.3 is 10.2 Å². The lowest BCUT2D eigenvalue weighted by atomic mass is 10.1. The van der Waals surface area contributed by atoms with Crippen molar-refractivity contribution in [1.82, 2.24) is 5.32 Å². The van der Waals surface area contributed by atoms with Crippen LogP contribution in [0.25, 0.3) is 0 Å². The molecular weight excluding hydrogens is 208 g/mol. The molecule has 1 heterocycles. The highest BCUT2D eigenvalue weighted by Gasteiger charge is 2.24. The summed E-state index contributed by atoms with van der Waals surface area (Å²) < 4.78 is 0. The fourth-order valence-electron chi connectivity index (χ4n) is 2.77. The molecule has 1 aliphatic heterocycles. The average Bonchev–Trinajstić information content (AvgIpc) is 2.44. The Bertz CT molecular complexity index is 375. The molecule has 2 rings (SSSR count). The third-order valence-electron chi connectivity index (χ3n) is 3.77. The molecular formula is C15H24N2. The summed E-state index contributed by atoms with van der Waals surface area (Å²) in [6.07, 6.45) is 1.22. The standard InChI is InChI=1S/C15H24N2/c1-11-5-6-12(2)15(9-11)17-13(3)7-8-16-10-14(17)4/h5-6,9,13-14,16H,7-8,10H2,1-4H3. The van der Waals surface area contributed by atoms with Gasteiger partial charge in [-0.25, -0.2) is 0 Å². The van der Waals surface area contributed by atoms with Crippen LogP contribution in [0.2, 0.25) is 0 Å². The molecule has 0 radical (unpaired) electrons. The normalized spacial score (nSPS) is 25.8. The highest BCUT2D eigenvalue weighted by Crippen LogP contribution is 2.27. The molecule has 2 heteroatoms. The topological polar surface area (TPSA) is 15.3 Å². The van der Waals surface area contributed by atoms with Gasteiger partial charge in [0.2, 0.25) is 0 Å². The van der Waals surface area contributed by atoms with Crippen molar-refractivity contribution in [3.63, 3.8) is 0 Å². The molecule has 0 aliphatic carbocycles. The number of nitrogens with one attached hydrogen (secondary N) is 1. The van der Waals surface area contributed by atoms with Crippen molar-refractivity contribution in [2.75, 3.05) is 18.0 Å². The summed E-state index contributed by atoms with van der Waals surface area (Å²) in [5.41, 5.74) is 4.15. The van der Waals surface area contributed by atoms with Gasteiger partial charge in [0.1, 0.15) is 0 Å². The molecule has 1 aromatic rings. The number of nitrogens with zero attached hydrogens (tertiary/aromatic N) is 1. The zero-order valence-electron chi connectivity index (χ0n) is 11.5. The van der Waals surface area contributed by atoms with E-state index in [-0.39, 0.29) is 0 Å². The first-order valence-electron chi connectivity index (χ1n) is 6.66. The number of rotatable bonds is 1. The van der Waals surface area contributed by atoms with Crippen LogP contribution in [0.15, 0.2) is 18.2 Å². The molecule has 17 heavy (non-hydrogen) atoms. The van der Waals surface area contributed by atoms with Crippen LogP contribution in [0.5, 0.6) is 0 Å². The van der Waals surface area contributed by atoms with Gasteiger partial charge in [0.15, 0.2) is 0 Å². The summed E-state index contributed by atoms with van der Waals surface area (Å²) in [6, 6.07) is 7.94. The Kier molecular flexibility index (Phi) is 3.72. The van der Waals surface area contributed by atoms with Crippen LogP contribution in [0.1, 0.15) is 31.4 Å². The second kappa shape index (κ2) is 5.09. The summed E-state index contributed by atoms with van der Waals surface area (Å²) >= 11 is 0. The molecule has 2 unspecified atom stereocenters. The largest absolute Gasteiger partial charge is 0.365 e. The Morgan fingerprint density at radius 3 is 2.71 bits per heavy atom. The van der Waals surface area contributed by atoms with Crippen molar-refractivity contribution in [2.45, 2.75) is 46.2 Å². The molecule has 0 bridgehead atoms. The van der Waals surface area contributed by atoms with E-state index in [9.17, 15) is 0 Å². The maximum absolute atomic E-state index is 3.52. The third-order valence-corrected chi connectivity index (χ3v) is 3.77. The van der Waals surface area contributed by atoms with Crippen molar-refractivity contribution >= 4 is 5.69 Å². The van der Waals surface area contributed by atoms with E-state index in [2.05, 4.69) is 56.1 Å². The molecule has 0 spiro atoms. The lowest BCUT2D eigenvalue weighted by molar-refractivity contribution is 0.574. The molecule has 1 aliphatic rings. The first-order valence-corrected chi connectivity index (χ1v) is 6.66. The zero-order valence-corrected chi connectivity index (χ0v) is 11.5. The minimum atomic E-state index is 0.563. The minimum absolute atomic E-state index is 0.563. The van der Waals surface area contributed by atoms with Crippen LogP contribution in [0.4, 0.5) is 5.69 Å². The van der Waals surface area contributed by atoms with E-state index in [0.717, 1.165) is 13.1 Å². The molecule has 1 N–H and O–H groups in total. The second-order valence-corrected chi connectivity index (χ2v) is 5.39. The van der Waals surface area contributed by atoms with Gasteiger partial charge in [-0.2, -0.15) is 0 Å². The Hall–Kier alpha value is -1.02. The lowest BCUT2D eigenvalue weighted by Crippen LogP contribution is -2.42. The van der Waals surface area contributed by atoms with Gasteiger partial charge in [-0.1, -0.05) is 12.1 Å². The molecule has 2 atom stereocenters. The van der Waals surface area contributed by atoms with E-state index in [1.807, 2.05) is 0 Å². The molecule has 2 nitrogen and oxygen atoms in total. The summed E-state index contributed by atoms with van der Waals surface area (Å²) in [4.78, 5) is 2.59. The van der Waals surface area contributed by atoms with Crippen molar-refractivity contribution < 1.29 is 0 Å². The molecule has 1 fully saturated rings. The highest BCUT2D eigenvalue weighted by molar-refractivity contribution is 5.56. The Morgan fingerprint density at radius 1 is 1.18 bits per heavy atom. The van der Waals surface area contributed by atoms with Crippen LogP contribution < -0.4 is 10.2 Å². The van der Waals surface area contributed by atoms with Gasteiger partial charge in [-0.3, -0.25) is 0 Å². The van der Waals surface area contributed by atoms with Crippen molar-refractivity contribution in [2.24, 2.45) is 0 Å². The molecule has 0 amide bonds. The van der Waals surface area contributed by atoms with E-state index in [4.69, 9.17) is 0 Å². The van der Waals surface area contributed by atoms with Gasteiger partial charge in [0.25, 0.3) is 0 Å². The molecule has 0 saturated carbocycles. The van der Waals surface area contributed by atoms with Crippen molar-refractivity contribution in [3.05, 3.63) is 29.3 Å². The zero-order chi connectivity index (χ0) is 12.4. The maximum atomic E-state index is 3.52. The van der Waals surface area contributed by atoms with E-state index in [1.165, 1.54) is 23.2 Å². The van der Waals surface area contributed by atoms with Gasteiger partial charge in [0.05, 0.1) is 0 Å². The van der Waals surface area contributed by atoms with Crippen molar-refractivity contribution in [1.29, 1.82) is 0 Å². The average molecular weight is 232 g/mol. The monoisotopic (exact) mass is 232 g/mol. The molecule has 94 valence electrons. The van der Waals surface area contributed by atoms with Gasteiger partial charge in [-0.05, 0) is 57.9 Å². The fraction of sp³-hybridized carbons (Fsp3) is 0.600. The van der Waals surface area contributed by atoms with E-state index in [1.54, 1.807) is 0 Å². The molecule has 0 aromatic heterocycles. The van der Waals surface area contributed by atoms with Crippen LogP contribution >= 0.6 is 0 Å². The second-order valence-electron chi connectivity index (χ2n) is 5.39. The summed E-state index contributed by atoms with van der Waals surface area (Å²) in [7, 11) is 0. The van der Waals surface area contributed by atoms with Crippen LogP contribution in [-0.4, -0.2) is 25.2 Å². The Balaban J connectivity index is 2.37. The summed E-state index contributed by atoms with van der Waals surface area (Å²) in [5.74, 6) is 0. The van der Waals surface area contributed by atoms with Gasteiger partial charge in [-0.15, -0.1) is 0 Å². The predicted molar refractivity (Wildman–Crippen MR) is 74.8 cm³/mol. The van der Waals surface area contributed by atoms with Crippen LogP contribution in [0, 0.1) is 13.8 Å². The quantitative estimate of drug-likeness (QED) is 0.801. The summed E-state index contributed by atoms with van der Waals surface area (Å²) in [5, 5.41) is 3.52. The highest BCUT2D eigenvalue weighted by atomic mass is 15.2. The van der Waals surface area contributed by atoms with E-state index >= 15 is 0 Å². The third kappa shape index (κ3) is 2.63. The first kappa shape index (κ1) is 12.4. The predicted octanol–water partition coefficient (Wildman–Crippen LogP) is 2.88. The smallest absolute Gasteiger partial charge is 0.0403 e. The fourth-order valence-corrected chi connectivity index (χ4v) is 2.77. The van der Waals surface area contributed by atoms with Crippen molar-refractivity contribution in [3.8, 4) is 0 Å². The van der Waals surface area contributed by atoms with Crippen LogP contribution in [0.3, 0.4) is 0 Å². The van der Waals surface area contributed by atoms with Gasteiger partial charge >= 0.3 is 0 Å². The number of hydrogen-bond acceptors (Lipinski definition) is 2. The lowest BCUT2D eigenvalue weighted by Gasteiger charge is -2.36. The Morgan fingerprint density at radius 2 is 1.94 bits per heavy atom. The number of anilines is 1. The maximum Gasteiger partial charge on any atom is 0.0403 e. The minimum Gasteiger partial charge on any atom is -0.365 e. The number of aryl methyl sites for hydroxylation is 2. The van der Waals surface area contributed by atoms with E-state index in [0.29, 0.717) is 12.1 Å². The SMILES string of the molecule is Cc1ccc(C)c(N2C(C)CCNCC2C)c1. The number of benzene rings is 1.